The van der Waals surface area contributed by atoms with E-state index in [0.29, 0.717) is 22.8 Å². The van der Waals surface area contributed by atoms with Crippen molar-refractivity contribution < 1.29 is 37.7 Å². The number of carboxylic acid groups (broad SMARTS) is 1. The zero-order valence-electron chi connectivity index (χ0n) is 21.9. The van der Waals surface area contributed by atoms with Crippen LogP contribution in [0, 0.1) is 5.92 Å². The number of carbonyl (C=O) groups excluding carboxylic acids is 1. The van der Waals surface area contributed by atoms with E-state index in [2.05, 4.69) is 5.32 Å². The number of hydrogen-bond acceptors (Lipinski definition) is 4. The third-order valence-electron chi connectivity index (χ3n) is 7.24. The van der Waals surface area contributed by atoms with E-state index in [9.17, 15) is 27.9 Å². The number of hydrogen-bond donors (Lipinski definition) is 3. The minimum Gasteiger partial charge on any atom is -0.486 e. The van der Waals surface area contributed by atoms with Crippen LogP contribution in [0.3, 0.4) is 0 Å². The van der Waals surface area contributed by atoms with Gasteiger partial charge in [-0.25, -0.2) is 4.79 Å². The van der Waals surface area contributed by atoms with Crippen LogP contribution in [0.2, 0.25) is 0 Å². The molecule has 0 bridgehead atoms. The highest BCUT2D eigenvalue weighted by Gasteiger charge is 2.30. The summed E-state index contributed by atoms with van der Waals surface area (Å²) in [5.41, 5.74) is 2.06. The second kappa shape index (κ2) is 13.0. The molecular weight excluding hydrogens is 523 g/mol. The van der Waals surface area contributed by atoms with Crippen LogP contribution in [-0.2, 0) is 11.0 Å². The molecule has 212 valence electrons. The fourth-order valence-corrected chi connectivity index (χ4v) is 4.95. The Labute approximate surface area is 230 Å². The van der Waals surface area contributed by atoms with E-state index in [1.54, 1.807) is 24.3 Å². The lowest BCUT2D eigenvalue weighted by molar-refractivity contribution is -0.146. The summed E-state index contributed by atoms with van der Waals surface area (Å²) in [4.78, 5) is 23.0. The lowest BCUT2D eigenvalue weighted by Gasteiger charge is -2.27. The largest absolute Gasteiger partial charge is 0.486 e. The molecule has 1 saturated carbocycles. The first-order valence-corrected chi connectivity index (χ1v) is 13.3. The maximum absolute atomic E-state index is 12.9. The fourth-order valence-electron chi connectivity index (χ4n) is 4.95. The number of alkyl halides is 3. The van der Waals surface area contributed by atoms with Gasteiger partial charge in [-0.1, -0.05) is 68.5 Å². The van der Waals surface area contributed by atoms with Crippen LogP contribution in [0.15, 0.2) is 72.8 Å². The quantitative estimate of drug-likeness (QED) is 0.261. The van der Waals surface area contributed by atoms with Crippen LogP contribution in [0.25, 0.3) is 11.1 Å². The SMILES string of the molecule is O=C(NCC(O)C(=O)O)c1ccc(OC(CC2CCCCC2)c2ccc(-c3ccc(C(F)(F)F)cc3)cc2)cc1. The van der Waals surface area contributed by atoms with E-state index in [1.807, 2.05) is 24.3 Å². The van der Waals surface area contributed by atoms with Crippen LogP contribution in [0.5, 0.6) is 5.75 Å². The van der Waals surface area contributed by atoms with Crippen molar-refractivity contribution in [1.82, 2.24) is 5.32 Å². The van der Waals surface area contributed by atoms with E-state index in [-0.39, 0.29) is 6.10 Å². The summed E-state index contributed by atoms with van der Waals surface area (Å²) in [5, 5.41) is 20.5. The van der Waals surface area contributed by atoms with Crippen molar-refractivity contribution in [2.24, 2.45) is 5.92 Å². The lowest BCUT2D eigenvalue weighted by atomic mass is 9.84. The minimum atomic E-state index is -4.38. The highest BCUT2D eigenvalue weighted by atomic mass is 19.4. The molecule has 0 radical (unpaired) electrons. The van der Waals surface area contributed by atoms with Gasteiger partial charge in [0.2, 0.25) is 0 Å². The highest BCUT2D eigenvalue weighted by molar-refractivity contribution is 5.94. The van der Waals surface area contributed by atoms with Crippen molar-refractivity contribution >= 4 is 11.9 Å². The van der Waals surface area contributed by atoms with Gasteiger partial charge in [-0.2, -0.15) is 13.2 Å². The molecular formula is C31H32F3NO5. The van der Waals surface area contributed by atoms with Gasteiger partial charge in [-0.05, 0) is 65.4 Å². The molecule has 0 aliphatic heterocycles. The Balaban J connectivity index is 1.48. The van der Waals surface area contributed by atoms with E-state index in [1.165, 1.54) is 31.4 Å². The zero-order valence-corrected chi connectivity index (χ0v) is 21.9. The molecule has 1 aliphatic carbocycles. The molecule has 3 N–H and O–H groups in total. The molecule has 2 unspecified atom stereocenters. The maximum atomic E-state index is 12.9. The normalized spacial score (nSPS) is 15.7. The number of ether oxygens (including phenoxy) is 1. The van der Waals surface area contributed by atoms with Crippen LogP contribution in [0.1, 0.15) is 66.1 Å². The molecule has 1 amide bonds. The molecule has 1 aliphatic rings. The minimum absolute atomic E-state index is 0.254. The van der Waals surface area contributed by atoms with Crippen molar-refractivity contribution in [1.29, 1.82) is 0 Å². The van der Waals surface area contributed by atoms with Crippen LogP contribution < -0.4 is 10.1 Å². The summed E-state index contributed by atoms with van der Waals surface area (Å²) in [6, 6.07) is 19.2. The Morgan fingerprint density at radius 3 is 2.00 bits per heavy atom. The lowest BCUT2D eigenvalue weighted by Crippen LogP contribution is -2.36. The van der Waals surface area contributed by atoms with Gasteiger partial charge in [0.1, 0.15) is 11.9 Å². The van der Waals surface area contributed by atoms with Gasteiger partial charge in [-0.3, -0.25) is 4.79 Å². The second-order valence-electron chi connectivity index (χ2n) is 10.1. The number of aliphatic carboxylic acids is 1. The summed E-state index contributed by atoms with van der Waals surface area (Å²) in [6.45, 7) is -0.404. The maximum Gasteiger partial charge on any atom is 0.416 e. The molecule has 1 fully saturated rings. The summed E-state index contributed by atoms with van der Waals surface area (Å²) < 4.78 is 45.2. The predicted octanol–water partition coefficient (Wildman–Crippen LogP) is 6.64. The zero-order chi connectivity index (χ0) is 28.7. The summed E-state index contributed by atoms with van der Waals surface area (Å²) >= 11 is 0. The number of aliphatic hydroxyl groups excluding tert-OH is 1. The number of benzene rings is 3. The van der Waals surface area contributed by atoms with Crippen molar-refractivity contribution in [3.05, 3.63) is 89.5 Å². The molecule has 0 aromatic heterocycles. The summed E-state index contributed by atoms with van der Waals surface area (Å²) in [6.07, 6.45) is 0.362. The molecule has 0 spiro atoms. The van der Waals surface area contributed by atoms with Gasteiger partial charge in [-0.15, -0.1) is 0 Å². The number of carboxylic acids is 1. The van der Waals surface area contributed by atoms with Gasteiger partial charge >= 0.3 is 12.1 Å². The Hall–Kier alpha value is -3.85. The first-order chi connectivity index (χ1) is 19.1. The Bertz CT molecular complexity index is 1270. The molecule has 4 rings (SSSR count). The van der Waals surface area contributed by atoms with Crippen molar-refractivity contribution in [3.8, 4) is 16.9 Å². The average Bonchev–Trinajstić information content (AvgIpc) is 2.96. The number of nitrogens with one attached hydrogen (secondary N) is 1. The van der Waals surface area contributed by atoms with Gasteiger partial charge in [0, 0.05) is 5.56 Å². The fraction of sp³-hybridized carbons (Fsp3) is 0.355. The average molecular weight is 556 g/mol. The Morgan fingerprint density at radius 2 is 1.45 bits per heavy atom. The summed E-state index contributed by atoms with van der Waals surface area (Å²) in [7, 11) is 0. The highest BCUT2D eigenvalue weighted by Crippen LogP contribution is 2.36. The monoisotopic (exact) mass is 555 g/mol. The predicted molar refractivity (Wildman–Crippen MR) is 144 cm³/mol. The van der Waals surface area contributed by atoms with E-state index in [0.717, 1.165) is 42.5 Å². The van der Waals surface area contributed by atoms with Gasteiger partial charge < -0.3 is 20.3 Å². The Kier molecular flexibility index (Phi) is 9.47. The number of carbonyl (C=O) groups is 2. The molecule has 40 heavy (non-hydrogen) atoms. The number of amides is 1. The van der Waals surface area contributed by atoms with Gasteiger partial charge in [0.15, 0.2) is 6.10 Å². The van der Waals surface area contributed by atoms with Crippen molar-refractivity contribution in [2.45, 2.75) is 56.9 Å². The van der Waals surface area contributed by atoms with E-state index >= 15 is 0 Å². The van der Waals surface area contributed by atoms with Crippen molar-refractivity contribution in [2.75, 3.05) is 6.54 Å². The second-order valence-corrected chi connectivity index (χ2v) is 10.1. The molecule has 3 aromatic carbocycles. The summed E-state index contributed by atoms with van der Waals surface area (Å²) in [5.74, 6) is -0.848. The molecule has 2 atom stereocenters. The van der Waals surface area contributed by atoms with Crippen molar-refractivity contribution in [3.63, 3.8) is 0 Å². The van der Waals surface area contributed by atoms with Gasteiger partial charge in [0.05, 0.1) is 12.1 Å². The standard InChI is InChI=1S/C31H32F3NO5/c32-31(33,34)25-14-10-22(11-15-25)21-6-8-23(9-7-21)28(18-20-4-2-1-3-5-20)40-26-16-12-24(13-17-26)29(37)35-19-27(36)30(38)39/h6-17,20,27-28,36H,1-5,18-19H2,(H,35,37)(H,38,39). The number of aliphatic hydroxyl groups is 1. The van der Waals surface area contributed by atoms with Gasteiger partial charge in [0.25, 0.3) is 5.91 Å². The van der Waals surface area contributed by atoms with Crippen LogP contribution in [-0.4, -0.2) is 34.7 Å². The number of rotatable bonds is 10. The van der Waals surface area contributed by atoms with Crippen LogP contribution in [0.4, 0.5) is 13.2 Å². The molecule has 0 heterocycles. The first kappa shape index (κ1) is 29.1. The molecule has 0 saturated heterocycles. The Morgan fingerprint density at radius 1 is 0.875 bits per heavy atom. The number of halogens is 3. The van der Waals surface area contributed by atoms with Crippen LogP contribution >= 0.6 is 0 Å². The smallest absolute Gasteiger partial charge is 0.416 e. The third kappa shape index (κ3) is 7.85. The molecule has 9 heteroatoms. The first-order valence-electron chi connectivity index (χ1n) is 13.3. The molecule has 6 nitrogen and oxygen atoms in total. The van der Waals surface area contributed by atoms with E-state index < -0.39 is 36.3 Å². The molecule has 3 aromatic rings. The van der Waals surface area contributed by atoms with E-state index in [4.69, 9.17) is 9.84 Å². The third-order valence-corrected chi connectivity index (χ3v) is 7.24. The topological polar surface area (TPSA) is 95.9 Å².